The third kappa shape index (κ3) is 1.86. The molecule has 0 heterocycles. The Bertz CT molecular complexity index is 307. The Labute approximate surface area is 77.7 Å². The molecular weight excluding hydrogens is 160 g/mol. The molecule has 0 aliphatic heterocycles. The van der Waals surface area contributed by atoms with Crippen LogP contribution in [0.1, 0.15) is 26.3 Å². The molecule has 1 aromatic rings. The number of rotatable bonds is 1. The minimum atomic E-state index is 1.13. The highest BCUT2D eigenvalue weighted by molar-refractivity contribution is 6.34. The molecule has 0 amide bonds. The summed E-state index contributed by atoms with van der Waals surface area (Å²) in [6.07, 6.45) is 0. The molecule has 0 nitrogen and oxygen atoms in total. The number of hydrogen-bond acceptors (Lipinski definition) is 0. The molecule has 12 heavy (non-hydrogen) atoms. The fourth-order valence-corrected chi connectivity index (χ4v) is 2.00. The van der Waals surface area contributed by atoms with Crippen molar-refractivity contribution in [2.45, 2.75) is 20.8 Å². The van der Waals surface area contributed by atoms with Crippen molar-refractivity contribution in [3.63, 3.8) is 0 Å². The van der Waals surface area contributed by atoms with E-state index in [2.05, 4.69) is 45.0 Å². The van der Waals surface area contributed by atoms with E-state index in [1.165, 1.54) is 21.9 Å². The maximum Gasteiger partial charge on any atom is 0.0392 e. The minimum absolute atomic E-state index is 1.13. The van der Waals surface area contributed by atoms with Crippen LogP contribution in [0.3, 0.4) is 0 Å². The molecule has 0 fully saturated rings. The quantitative estimate of drug-likeness (QED) is 0.569. The molecule has 1 rings (SSSR count). The minimum Gasteiger partial charge on any atom is -0.0729 e. The van der Waals surface area contributed by atoms with Crippen LogP contribution < -0.4 is 5.19 Å². The van der Waals surface area contributed by atoms with Gasteiger partial charge in [0, 0.05) is 10.2 Å². The van der Waals surface area contributed by atoms with Crippen molar-refractivity contribution in [1.29, 1.82) is 0 Å². The normalized spacial score (nSPS) is 9.92. The van der Waals surface area contributed by atoms with Gasteiger partial charge in [0.2, 0.25) is 0 Å². The van der Waals surface area contributed by atoms with Gasteiger partial charge in [0.05, 0.1) is 0 Å². The average Bonchev–Trinajstić information content (AvgIpc) is 2.04. The SMILES string of the molecule is CC(C)=C(C)c1ccccc1[SiH3]. The molecule has 64 valence electrons. The fraction of sp³-hybridized carbons (Fsp3) is 0.273. The molecule has 0 aliphatic rings. The Hall–Kier alpha value is -0.823. The van der Waals surface area contributed by atoms with Crippen LogP contribution in [0.25, 0.3) is 5.57 Å². The molecular formula is C11H16Si. The van der Waals surface area contributed by atoms with Gasteiger partial charge >= 0.3 is 0 Å². The zero-order chi connectivity index (χ0) is 9.14. The summed E-state index contributed by atoms with van der Waals surface area (Å²) in [5.74, 6) is 0. The summed E-state index contributed by atoms with van der Waals surface area (Å²) >= 11 is 0. The summed E-state index contributed by atoms with van der Waals surface area (Å²) in [5.41, 5.74) is 4.28. The number of allylic oxidation sites excluding steroid dienone is 2. The molecule has 0 bridgehead atoms. The lowest BCUT2D eigenvalue weighted by Gasteiger charge is -2.07. The summed E-state index contributed by atoms with van der Waals surface area (Å²) < 4.78 is 0. The molecule has 0 saturated heterocycles. The predicted octanol–water partition coefficient (Wildman–Crippen LogP) is 1.49. The zero-order valence-electron chi connectivity index (χ0n) is 8.31. The Morgan fingerprint density at radius 1 is 1.08 bits per heavy atom. The Balaban J connectivity index is 3.21. The van der Waals surface area contributed by atoms with Crippen LogP contribution in [0.5, 0.6) is 0 Å². The lowest BCUT2D eigenvalue weighted by molar-refractivity contribution is 1.37. The first-order valence-corrected chi connectivity index (χ1v) is 5.33. The highest BCUT2D eigenvalue weighted by atomic mass is 28.1. The molecule has 1 heteroatoms. The monoisotopic (exact) mass is 176 g/mol. The van der Waals surface area contributed by atoms with Gasteiger partial charge in [0.15, 0.2) is 0 Å². The maximum atomic E-state index is 2.22. The molecule has 0 atom stereocenters. The highest BCUT2D eigenvalue weighted by Gasteiger charge is 1.99. The summed E-state index contributed by atoms with van der Waals surface area (Å²) in [6, 6.07) is 8.66. The second-order valence-electron chi connectivity index (χ2n) is 3.44. The van der Waals surface area contributed by atoms with Crippen molar-refractivity contribution >= 4 is 21.0 Å². The number of benzene rings is 1. The lowest BCUT2D eigenvalue weighted by Crippen LogP contribution is -2.08. The third-order valence-electron chi connectivity index (χ3n) is 2.30. The van der Waals surface area contributed by atoms with Gasteiger partial charge in [0.25, 0.3) is 0 Å². The van der Waals surface area contributed by atoms with Crippen LogP contribution in [0.2, 0.25) is 0 Å². The van der Waals surface area contributed by atoms with E-state index in [0.29, 0.717) is 0 Å². The van der Waals surface area contributed by atoms with Crippen LogP contribution >= 0.6 is 0 Å². The third-order valence-corrected chi connectivity index (χ3v) is 3.17. The first kappa shape index (κ1) is 9.27. The van der Waals surface area contributed by atoms with Gasteiger partial charge in [-0.05, 0) is 31.9 Å². The Morgan fingerprint density at radius 3 is 2.17 bits per heavy atom. The zero-order valence-corrected chi connectivity index (χ0v) is 10.3. The van der Waals surface area contributed by atoms with Crippen molar-refractivity contribution in [1.82, 2.24) is 0 Å². The standard InChI is InChI=1S/C11H16Si/c1-8(2)9(3)10-6-4-5-7-11(10)12/h4-7H,1-3,12H3. The maximum absolute atomic E-state index is 2.22. The van der Waals surface area contributed by atoms with Gasteiger partial charge in [0.1, 0.15) is 0 Å². The van der Waals surface area contributed by atoms with Gasteiger partial charge in [-0.3, -0.25) is 0 Å². The highest BCUT2D eigenvalue weighted by Crippen LogP contribution is 2.14. The lowest BCUT2D eigenvalue weighted by atomic mass is 10.0. The van der Waals surface area contributed by atoms with Crippen LogP contribution in [0.4, 0.5) is 0 Å². The van der Waals surface area contributed by atoms with Gasteiger partial charge in [-0.15, -0.1) is 0 Å². The average molecular weight is 176 g/mol. The molecule has 1 aromatic carbocycles. The van der Waals surface area contributed by atoms with Gasteiger partial charge in [-0.1, -0.05) is 35.0 Å². The molecule has 0 aromatic heterocycles. The first-order chi connectivity index (χ1) is 5.63. The van der Waals surface area contributed by atoms with E-state index in [-0.39, 0.29) is 0 Å². The summed E-state index contributed by atoms with van der Waals surface area (Å²) in [5, 5.41) is 1.50. The number of hydrogen-bond donors (Lipinski definition) is 0. The van der Waals surface area contributed by atoms with Crippen LogP contribution in [-0.2, 0) is 0 Å². The van der Waals surface area contributed by atoms with Crippen LogP contribution in [0, 0.1) is 0 Å². The molecule has 0 aliphatic carbocycles. The molecule has 0 radical (unpaired) electrons. The van der Waals surface area contributed by atoms with Crippen molar-refractivity contribution in [3.05, 3.63) is 35.4 Å². The van der Waals surface area contributed by atoms with Gasteiger partial charge in [-0.2, -0.15) is 0 Å². The Kier molecular flexibility index (Phi) is 2.87. The van der Waals surface area contributed by atoms with Crippen molar-refractivity contribution in [3.8, 4) is 0 Å². The Morgan fingerprint density at radius 2 is 1.67 bits per heavy atom. The molecule has 0 N–H and O–H groups in total. The molecule has 0 spiro atoms. The summed E-state index contributed by atoms with van der Waals surface area (Å²) in [4.78, 5) is 0. The van der Waals surface area contributed by atoms with Gasteiger partial charge in [-0.25, -0.2) is 0 Å². The van der Waals surface area contributed by atoms with Gasteiger partial charge < -0.3 is 0 Å². The topological polar surface area (TPSA) is 0 Å². The summed E-state index contributed by atoms with van der Waals surface area (Å²) in [7, 11) is 1.13. The first-order valence-electron chi connectivity index (χ1n) is 4.33. The largest absolute Gasteiger partial charge is 0.0729 e. The van der Waals surface area contributed by atoms with Crippen LogP contribution in [0.15, 0.2) is 29.8 Å². The predicted molar refractivity (Wildman–Crippen MR) is 60.0 cm³/mol. The molecule has 0 unspecified atom stereocenters. The van der Waals surface area contributed by atoms with Crippen molar-refractivity contribution < 1.29 is 0 Å². The second kappa shape index (κ2) is 3.72. The van der Waals surface area contributed by atoms with E-state index >= 15 is 0 Å². The van der Waals surface area contributed by atoms with Crippen molar-refractivity contribution in [2.24, 2.45) is 0 Å². The van der Waals surface area contributed by atoms with E-state index in [4.69, 9.17) is 0 Å². The van der Waals surface area contributed by atoms with E-state index < -0.39 is 0 Å². The molecule has 0 saturated carbocycles. The summed E-state index contributed by atoms with van der Waals surface area (Å²) in [6.45, 7) is 6.54. The van der Waals surface area contributed by atoms with E-state index in [1.54, 1.807) is 0 Å². The van der Waals surface area contributed by atoms with Crippen LogP contribution in [-0.4, -0.2) is 10.2 Å². The smallest absolute Gasteiger partial charge is 0.0392 e. The van der Waals surface area contributed by atoms with E-state index in [9.17, 15) is 0 Å². The van der Waals surface area contributed by atoms with E-state index in [0.717, 1.165) is 10.2 Å². The van der Waals surface area contributed by atoms with E-state index in [1.807, 2.05) is 0 Å². The fourth-order valence-electron chi connectivity index (χ4n) is 1.26. The second-order valence-corrected chi connectivity index (χ2v) is 4.52. The van der Waals surface area contributed by atoms with Crippen molar-refractivity contribution in [2.75, 3.05) is 0 Å².